The third-order valence-corrected chi connectivity index (χ3v) is 5.04. The van der Waals surface area contributed by atoms with Crippen LogP contribution in [0, 0.1) is 6.92 Å². The molecular formula is C17H21ClN2O. The number of halogens is 1. The molecule has 1 N–H and O–H groups in total. The zero-order valence-corrected chi connectivity index (χ0v) is 13.3. The fourth-order valence-corrected chi connectivity index (χ4v) is 3.67. The molecular weight excluding hydrogens is 284 g/mol. The van der Waals surface area contributed by atoms with Gasteiger partial charge in [-0.2, -0.15) is 5.10 Å². The Bertz CT molecular complexity index is 650. The van der Waals surface area contributed by atoms with Gasteiger partial charge in [0, 0.05) is 19.4 Å². The van der Waals surface area contributed by atoms with E-state index in [-0.39, 0.29) is 5.92 Å². The molecule has 21 heavy (non-hydrogen) atoms. The molecule has 0 saturated heterocycles. The minimum atomic E-state index is -0.418. The van der Waals surface area contributed by atoms with E-state index >= 15 is 0 Å². The molecule has 0 amide bonds. The van der Waals surface area contributed by atoms with Crippen LogP contribution < -0.4 is 0 Å². The molecule has 0 aliphatic heterocycles. The summed E-state index contributed by atoms with van der Waals surface area (Å²) >= 11 is 6.30. The number of fused-ring (bicyclic) bond motifs is 1. The van der Waals surface area contributed by atoms with Crippen molar-refractivity contribution in [1.82, 2.24) is 9.78 Å². The monoisotopic (exact) mass is 304 g/mol. The summed E-state index contributed by atoms with van der Waals surface area (Å²) in [5.41, 5.74) is 4.42. The molecule has 1 heterocycles. The van der Waals surface area contributed by atoms with Gasteiger partial charge in [-0.1, -0.05) is 35.9 Å². The van der Waals surface area contributed by atoms with Gasteiger partial charge in [0.15, 0.2) is 0 Å². The number of aryl methyl sites for hydroxylation is 3. The van der Waals surface area contributed by atoms with Crippen molar-refractivity contribution in [3.63, 3.8) is 0 Å². The third-order valence-electron chi connectivity index (χ3n) is 4.54. The Kier molecular flexibility index (Phi) is 4.05. The van der Waals surface area contributed by atoms with Crippen molar-refractivity contribution < 1.29 is 5.11 Å². The van der Waals surface area contributed by atoms with Crippen LogP contribution in [0.3, 0.4) is 0 Å². The molecule has 0 fully saturated rings. The molecule has 1 aromatic heterocycles. The first-order chi connectivity index (χ1) is 10.1. The summed E-state index contributed by atoms with van der Waals surface area (Å²) < 4.78 is 1.79. The van der Waals surface area contributed by atoms with Gasteiger partial charge in [-0.15, -0.1) is 0 Å². The Morgan fingerprint density at radius 1 is 1.43 bits per heavy atom. The second-order valence-electron chi connectivity index (χ2n) is 5.94. The van der Waals surface area contributed by atoms with Gasteiger partial charge in [-0.3, -0.25) is 4.68 Å². The number of benzene rings is 1. The van der Waals surface area contributed by atoms with Gasteiger partial charge in [0.1, 0.15) is 0 Å². The van der Waals surface area contributed by atoms with Crippen LogP contribution in [0.5, 0.6) is 0 Å². The van der Waals surface area contributed by atoms with Gasteiger partial charge in [-0.05, 0) is 37.3 Å². The van der Waals surface area contributed by atoms with E-state index < -0.39 is 6.10 Å². The fraction of sp³-hybridized carbons (Fsp3) is 0.471. The number of rotatable bonds is 3. The van der Waals surface area contributed by atoms with Crippen LogP contribution in [0.4, 0.5) is 0 Å². The van der Waals surface area contributed by atoms with Crippen LogP contribution in [-0.2, 0) is 19.9 Å². The van der Waals surface area contributed by atoms with Crippen molar-refractivity contribution in [2.75, 3.05) is 0 Å². The van der Waals surface area contributed by atoms with Gasteiger partial charge in [0.2, 0.25) is 0 Å². The van der Waals surface area contributed by atoms with Gasteiger partial charge in [-0.25, -0.2) is 0 Å². The smallest absolute Gasteiger partial charge is 0.0847 e. The van der Waals surface area contributed by atoms with Crippen molar-refractivity contribution >= 4 is 11.6 Å². The van der Waals surface area contributed by atoms with Crippen molar-refractivity contribution in [1.29, 1.82) is 0 Å². The molecule has 4 heteroatoms. The highest BCUT2D eigenvalue weighted by Crippen LogP contribution is 2.35. The number of hydrogen-bond donors (Lipinski definition) is 1. The van der Waals surface area contributed by atoms with Crippen molar-refractivity contribution in [3.05, 3.63) is 51.8 Å². The molecule has 1 aliphatic carbocycles. The molecule has 0 saturated carbocycles. The van der Waals surface area contributed by atoms with Gasteiger partial charge >= 0.3 is 0 Å². The lowest BCUT2D eigenvalue weighted by atomic mass is 9.79. The fourth-order valence-electron chi connectivity index (χ4n) is 3.43. The lowest BCUT2D eigenvalue weighted by molar-refractivity contribution is 0.132. The van der Waals surface area contributed by atoms with E-state index in [0.717, 1.165) is 30.7 Å². The average Bonchev–Trinajstić information content (AvgIpc) is 2.73. The number of aliphatic hydroxyl groups is 1. The van der Waals surface area contributed by atoms with Crippen LogP contribution in [0.2, 0.25) is 5.02 Å². The van der Waals surface area contributed by atoms with E-state index in [9.17, 15) is 5.11 Å². The maximum absolute atomic E-state index is 10.7. The summed E-state index contributed by atoms with van der Waals surface area (Å²) in [6.07, 6.45) is 3.42. The molecule has 2 aromatic rings. The molecule has 3 nitrogen and oxygen atoms in total. The van der Waals surface area contributed by atoms with Crippen molar-refractivity contribution in [3.8, 4) is 0 Å². The minimum absolute atomic E-state index is 0.196. The molecule has 1 aliphatic rings. The van der Waals surface area contributed by atoms with Crippen LogP contribution in [0.25, 0.3) is 0 Å². The molecule has 3 rings (SSSR count). The van der Waals surface area contributed by atoms with E-state index in [1.165, 1.54) is 11.1 Å². The predicted molar refractivity (Wildman–Crippen MR) is 84.8 cm³/mol. The number of hydrogen-bond acceptors (Lipinski definition) is 2. The summed E-state index contributed by atoms with van der Waals surface area (Å²) in [7, 11) is 1.88. The summed E-state index contributed by atoms with van der Waals surface area (Å²) in [6, 6.07) is 8.47. The van der Waals surface area contributed by atoms with Crippen LogP contribution in [0.1, 0.15) is 41.3 Å². The maximum atomic E-state index is 10.7. The van der Waals surface area contributed by atoms with E-state index in [0.29, 0.717) is 11.4 Å². The highest BCUT2D eigenvalue weighted by Gasteiger charge is 2.28. The summed E-state index contributed by atoms with van der Waals surface area (Å²) in [5.74, 6) is 0.196. The van der Waals surface area contributed by atoms with E-state index in [1.54, 1.807) is 4.68 Å². The first-order valence-electron chi connectivity index (χ1n) is 7.51. The topological polar surface area (TPSA) is 38.0 Å². The molecule has 2 atom stereocenters. The molecule has 0 radical (unpaired) electrons. The highest BCUT2D eigenvalue weighted by atomic mass is 35.5. The Labute approximate surface area is 130 Å². The van der Waals surface area contributed by atoms with Crippen molar-refractivity contribution in [2.24, 2.45) is 7.05 Å². The van der Waals surface area contributed by atoms with E-state index in [2.05, 4.69) is 29.4 Å². The van der Waals surface area contributed by atoms with Crippen LogP contribution >= 0.6 is 11.6 Å². The summed E-state index contributed by atoms with van der Waals surface area (Å²) in [5, 5.41) is 15.7. The van der Waals surface area contributed by atoms with E-state index in [1.807, 2.05) is 14.0 Å². The second kappa shape index (κ2) is 5.82. The normalized spacial score (nSPS) is 19.3. The lowest BCUT2D eigenvalue weighted by Crippen LogP contribution is -2.25. The van der Waals surface area contributed by atoms with Crippen LogP contribution in [0.15, 0.2) is 24.3 Å². The van der Waals surface area contributed by atoms with Crippen molar-refractivity contribution in [2.45, 2.75) is 44.6 Å². The first-order valence-corrected chi connectivity index (χ1v) is 7.89. The standard InChI is InChI=1S/C17H21ClN2O/c1-11-17(18)15(20(2)19-11)10-16(21)14-9-5-7-12-6-3-4-8-13(12)14/h3-4,6,8,14,16,21H,5,7,9-10H2,1-2H3. The number of nitrogens with zero attached hydrogens (tertiary/aromatic N) is 2. The maximum Gasteiger partial charge on any atom is 0.0847 e. The Morgan fingerprint density at radius 3 is 2.90 bits per heavy atom. The Morgan fingerprint density at radius 2 is 2.19 bits per heavy atom. The molecule has 2 unspecified atom stereocenters. The molecule has 1 aromatic carbocycles. The third kappa shape index (κ3) is 2.72. The quantitative estimate of drug-likeness (QED) is 0.943. The van der Waals surface area contributed by atoms with E-state index in [4.69, 9.17) is 11.6 Å². The minimum Gasteiger partial charge on any atom is -0.392 e. The molecule has 0 spiro atoms. The predicted octanol–water partition coefficient (Wildman–Crippen LogP) is 3.41. The van der Waals surface area contributed by atoms with Gasteiger partial charge in [0.05, 0.1) is 22.5 Å². The largest absolute Gasteiger partial charge is 0.392 e. The number of aromatic nitrogens is 2. The highest BCUT2D eigenvalue weighted by molar-refractivity contribution is 6.31. The molecule has 0 bridgehead atoms. The lowest BCUT2D eigenvalue weighted by Gasteiger charge is -2.29. The Hall–Kier alpha value is -1.32. The SMILES string of the molecule is Cc1nn(C)c(CC(O)C2CCCc3ccccc32)c1Cl. The first kappa shape index (κ1) is 14.6. The summed E-state index contributed by atoms with van der Waals surface area (Å²) in [6.45, 7) is 1.90. The second-order valence-corrected chi connectivity index (χ2v) is 6.32. The average molecular weight is 305 g/mol. The number of aliphatic hydroxyl groups excluding tert-OH is 1. The molecule has 112 valence electrons. The summed E-state index contributed by atoms with van der Waals surface area (Å²) in [4.78, 5) is 0. The Balaban J connectivity index is 1.85. The van der Waals surface area contributed by atoms with Gasteiger partial charge < -0.3 is 5.11 Å². The zero-order valence-electron chi connectivity index (χ0n) is 12.5. The van der Waals surface area contributed by atoms with Crippen LogP contribution in [-0.4, -0.2) is 21.0 Å². The zero-order chi connectivity index (χ0) is 15.0. The van der Waals surface area contributed by atoms with Gasteiger partial charge in [0.25, 0.3) is 0 Å².